The number of para-hydroxylation sites is 1. The number of hydrogen-bond donors (Lipinski definition) is 2. The molecule has 2 N–H and O–H groups in total. The molecule has 0 spiro atoms. The Balaban J connectivity index is 2.06. The lowest BCUT2D eigenvalue weighted by Gasteiger charge is -2.14. The molecule has 5 heteroatoms. The molecule has 0 fully saturated rings. The molecular formula is C14H17N3OS. The highest BCUT2D eigenvalue weighted by molar-refractivity contribution is 7.07. The Morgan fingerprint density at radius 3 is 2.84 bits per heavy atom. The summed E-state index contributed by atoms with van der Waals surface area (Å²) in [6.45, 7) is 4.55. The fourth-order valence-electron chi connectivity index (χ4n) is 1.71. The quantitative estimate of drug-likeness (QED) is 0.882. The van der Waals surface area contributed by atoms with E-state index in [1.54, 1.807) is 5.51 Å². The molecule has 2 rings (SSSR count). The van der Waals surface area contributed by atoms with Gasteiger partial charge >= 0.3 is 0 Å². The summed E-state index contributed by atoms with van der Waals surface area (Å²) in [5.41, 5.74) is 4.16. The molecule has 0 aliphatic heterocycles. The lowest BCUT2D eigenvalue weighted by atomic mass is 10.1. The Hall–Kier alpha value is -1.88. The zero-order valence-electron chi connectivity index (χ0n) is 11.0. The number of carbonyl (C=O) groups is 1. The van der Waals surface area contributed by atoms with Gasteiger partial charge in [-0.3, -0.25) is 4.79 Å². The van der Waals surface area contributed by atoms with E-state index < -0.39 is 0 Å². The fraction of sp³-hybridized carbons (Fsp3) is 0.286. The molecule has 1 aromatic carbocycles. The van der Waals surface area contributed by atoms with Crippen LogP contribution in [0.1, 0.15) is 29.9 Å². The van der Waals surface area contributed by atoms with Gasteiger partial charge in [0, 0.05) is 17.1 Å². The molecule has 4 nitrogen and oxygen atoms in total. The van der Waals surface area contributed by atoms with Crippen molar-refractivity contribution < 1.29 is 4.79 Å². The molecular weight excluding hydrogens is 258 g/mol. The molecule has 0 saturated carbocycles. The Morgan fingerprint density at radius 2 is 2.16 bits per heavy atom. The van der Waals surface area contributed by atoms with E-state index in [2.05, 4.69) is 15.6 Å². The van der Waals surface area contributed by atoms with Gasteiger partial charge in [0.15, 0.2) is 0 Å². The van der Waals surface area contributed by atoms with E-state index in [0.717, 1.165) is 11.4 Å². The monoisotopic (exact) mass is 275 g/mol. The normalized spacial score (nSPS) is 10.5. The average Bonchev–Trinajstić information content (AvgIpc) is 2.89. The second kappa shape index (κ2) is 6.33. The van der Waals surface area contributed by atoms with Crippen molar-refractivity contribution in [3.8, 4) is 0 Å². The minimum Gasteiger partial charge on any atom is -0.382 e. The number of carbonyl (C=O) groups excluding carboxylic acids is 1. The van der Waals surface area contributed by atoms with Crippen LogP contribution in [0.2, 0.25) is 0 Å². The lowest BCUT2D eigenvalue weighted by Crippen LogP contribution is -2.24. The van der Waals surface area contributed by atoms with E-state index in [4.69, 9.17) is 0 Å². The van der Waals surface area contributed by atoms with Gasteiger partial charge in [-0.05, 0) is 26.0 Å². The third kappa shape index (κ3) is 3.79. The molecule has 0 aliphatic rings. The van der Waals surface area contributed by atoms with Crippen molar-refractivity contribution in [1.82, 2.24) is 10.3 Å². The molecule has 1 amide bonds. The predicted octanol–water partition coefficient (Wildman–Crippen LogP) is 2.89. The van der Waals surface area contributed by atoms with Crippen LogP contribution in [0.4, 0.5) is 5.69 Å². The molecule has 100 valence electrons. The number of anilines is 1. The molecule has 19 heavy (non-hydrogen) atoms. The van der Waals surface area contributed by atoms with Crippen molar-refractivity contribution in [2.24, 2.45) is 0 Å². The molecule has 0 bridgehead atoms. The lowest BCUT2D eigenvalue weighted by molar-refractivity contribution is 0.0951. The fourth-order valence-corrected chi connectivity index (χ4v) is 2.27. The topological polar surface area (TPSA) is 54.0 Å². The Bertz CT molecular complexity index is 537. The zero-order valence-corrected chi connectivity index (χ0v) is 11.8. The van der Waals surface area contributed by atoms with Crippen molar-refractivity contribution in [1.29, 1.82) is 0 Å². The number of nitrogens with one attached hydrogen (secondary N) is 2. The smallest absolute Gasteiger partial charge is 0.253 e. The van der Waals surface area contributed by atoms with E-state index in [-0.39, 0.29) is 11.9 Å². The molecule has 0 atom stereocenters. The third-order valence-electron chi connectivity index (χ3n) is 2.53. The first-order valence-corrected chi connectivity index (χ1v) is 7.12. The summed E-state index contributed by atoms with van der Waals surface area (Å²) in [4.78, 5) is 16.3. The second-order valence-electron chi connectivity index (χ2n) is 4.51. The zero-order chi connectivity index (χ0) is 13.7. The standard InChI is InChI=1S/C14H17N3OS/c1-10(2)17-13-6-4-3-5-12(13)14(18)15-7-11-8-19-9-16-11/h3-6,8-10,17H,7H2,1-2H3,(H,15,18). The molecule has 1 heterocycles. The highest BCUT2D eigenvalue weighted by atomic mass is 32.1. The summed E-state index contributed by atoms with van der Waals surface area (Å²) in [6, 6.07) is 7.80. The van der Waals surface area contributed by atoms with Gasteiger partial charge in [0.2, 0.25) is 0 Å². The first-order chi connectivity index (χ1) is 9.16. The number of rotatable bonds is 5. The first kappa shape index (κ1) is 13.5. The number of benzene rings is 1. The van der Waals surface area contributed by atoms with Crippen LogP contribution in [0.15, 0.2) is 35.2 Å². The highest BCUT2D eigenvalue weighted by Gasteiger charge is 2.11. The van der Waals surface area contributed by atoms with Gasteiger partial charge in [0.05, 0.1) is 23.3 Å². The van der Waals surface area contributed by atoms with Crippen molar-refractivity contribution >= 4 is 22.9 Å². The minimum absolute atomic E-state index is 0.0863. The largest absolute Gasteiger partial charge is 0.382 e. The number of thiazole rings is 1. The van der Waals surface area contributed by atoms with Crippen molar-refractivity contribution in [2.75, 3.05) is 5.32 Å². The number of nitrogens with zero attached hydrogens (tertiary/aromatic N) is 1. The predicted molar refractivity (Wildman–Crippen MR) is 78.5 cm³/mol. The second-order valence-corrected chi connectivity index (χ2v) is 5.23. The van der Waals surface area contributed by atoms with Crippen molar-refractivity contribution in [2.45, 2.75) is 26.4 Å². The maximum atomic E-state index is 12.2. The molecule has 0 radical (unpaired) electrons. The van der Waals surface area contributed by atoms with Crippen LogP contribution >= 0.6 is 11.3 Å². The molecule has 0 unspecified atom stereocenters. The molecule has 0 saturated heterocycles. The molecule has 0 aliphatic carbocycles. The average molecular weight is 275 g/mol. The van der Waals surface area contributed by atoms with Gasteiger partial charge in [-0.2, -0.15) is 0 Å². The summed E-state index contributed by atoms with van der Waals surface area (Å²) in [5.74, 6) is -0.0863. The van der Waals surface area contributed by atoms with Crippen LogP contribution in [0, 0.1) is 0 Å². The number of amides is 1. The van der Waals surface area contributed by atoms with Crippen LogP contribution in [0.5, 0.6) is 0 Å². The Kier molecular flexibility index (Phi) is 4.52. The Labute approximate surface area is 116 Å². The highest BCUT2D eigenvalue weighted by Crippen LogP contribution is 2.16. The summed E-state index contributed by atoms with van der Waals surface area (Å²) in [7, 11) is 0. The van der Waals surface area contributed by atoms with Crippen molar-refractivity contribution in [3.05, 3.63) is 46.4 Å². The van der Waals surface area contributed by atoms with Crippen LogP contribution in [-0.4, -0.2) is 16.9 Å². The molecule has 1 aromatic heterocycles. The van der Waals surface area contributed by atoms with Crippen molar-refractivity contribution in [3.63, 3.8) is 0 Å². The van der Waals surface area contributed by atoms with Crippen LogP contribution in [0.25, 0.3) is 0 Å². The van der Waals surface area contributed by atoms with Gasteiger partial charge in [0.25, 0.3) is 5.91 Å². The van der Waals surface area contributed by atoms with Gasteiger partial charge in [0.1, 0.15) is 0 Å². The first-order valence-electron chi connectivity index (χ1n) is 6.17. The van der Waals surface area contributed by atoms with Crippen LogP contribution in [-0.2, 0) is 6.54 Å². The number of hydrogen-bond acceptors (Lipinski definition) is 4. The Morgan fingerprint density at radius 1 is 1.37 bits per heavy atom. The SMILES string of the molecule is CC(C)Nc1ccccc1C(=O)NCc1cscn1. The minimum atomic E-state index is -0.0863. The summed E-state index contributed by atoms with van der Waals surface area (Å²) < 4.78 is 0. The van der Waals surface area contributed by atoms with E-state index in [0.29, 0.717) is 12.1 Å². The van der Waals surface area contributed by atoms with Gasteiger partial charge in [-0.25, -0.2) is 4.98 Å². The molecule has 2 aromatic rings. The van der Waals surface area contributed by atoms with Gasteiger partial charge in [-0.15, -0.1) is 11.3 Å². The summed E-state index contributed by atoms with van der Waals surface area (Å²) in [6.07, 6.45) is 0. The van der Waals surface area contributed by atoms with Gasteiger partial charge in [-0.1, -0.05) is 12.1 Å². The maximum absolute atomic E-state index is 12.2. The maximum Gasteiger partial charge on any atom is 0.253 e. The third-order valence-corrected chi connectivity index (χ3v) is 3.16. The van der Waals surface area contributed by atoms with E-state index in [1.165, 1.54) is 11.3 Å². The van der Waals surface area contributed by atoms with E-state index in [1.807, 2.05) is 43.5 Å². The summed E-state index contributed by atoms with van der Waals surface area (Å²) in [5, 5.41) is 8.08. The van der Waals surface area contributed by atoms with E-state index in [9.17, 15) is 4.79 Å². The van der Waals surface area contributed by atoms with Gasteiger partial charge < -0.3 is 10.6 Å². The van der Waals surface area contributed by atoms with E-state index >= 15 is 0 Å². The number of aromatic nitrogens is 1. The van der Waals surface area contributed by atoms with Crippen LogP contribution < -0.4 is 10.6 Å². The summed E-state index contributed by atoms with van der Waals surface area (Å²) >= 11 is 1.52. The van der Waals surface area contributed by atoms with Crippen LogP contribution in [0.3, 0.4) is 0 Å².